The first kappa shape index (κ1) is 17.7. The number of sulfone groups is 1. The molecule has 1 unspecified atom stereocenters. The molecule has 4 nitrogen and oxygen atoms in total. The molecule has 0 amide bonds. The van der Waals surface area contributed by atoms with Gasteiger partial charge in [-0.1, -0.05) is 26.7 Å². The first-order valence-electron chi connectivity index (χ1n) is 7.71. The minimum Gasteiger partial charge on any atom is -0.362 e. The van der Waals surface area contributed by atoms with Gasteiger partial charge in [0.05, 0.1) is 11.5 Å². The fraction of sp³-hybridized carbons (Fsp3) is 0.929. The molecule has 0 bridgehead atoms. The van der Waals surface area contributed by atoms with Crippen molar-refractivity contribution in [1.29, 1.82) is 0 Å². The molecule has 1 atom stereocenters. The summed E-state index contributed by atoms with van der Waals surface area (Å²) in [6.45, 7) is 7.03. The number of unbranched alkanes of at least 4 members (excludes halogenated alkanes) is 2. The molecule has 0 aromatic carbocycles. The maximum absolute atomic E-state index is 11.4. The van der Waals surface area contributed by atoms with Crippen molar-refractivity contribution in [3.8, 4) is 0 Å². The highest BCUT2D eigenvalue weighted by molar-refractivity contribution is 7.91. The van der Waals surface area contributed by atoms with Crippen molar-refractivity contribution < 1.29 is 8.42 Å². The fourth-order valence-corrected chi connectivity index (χ4v) is 4.52. The van der Waals surface area contributed by atoms with Gasteiger partial charge in [0.15, 0.2) is 14.9 Å². The first-order chi connectivity index (χ1) is 9.48. The smallest absolute Gasteiger partial charge is 0.168 e. The van der Waals surface area contributed by atoms with Gasteiger partial charge in [-0.2, -0.15) is 0 Å². The van der Waals surface area contributed by atoms with Crippen LogP contribution >= 0.6 is 12.2 Å². The van der Waals surface area contributed by atoms with Crippen molar-refractivity contribution in [2.45, 2.75) is 46.0 Å². The molecular weight excluding hydrogens is 292 g/mol. The lowest BCUT2D eigenvalue weighted by atomic mass is 10.1. The summed E-state index contributed by atoms with van der Waals surface area (Å²) in [5, 5.41) is 4.06. The van der Waals surface area contributed by atoms with Gasteiger partial charge in [-0.05, 0) is 37.4 Å². The highest BCUT2D eigenvalue weighted by atomic mass is 32.2. The summed E-state index contributed by atoms with van der Waals surface area (Å²) in [6.07, 6.45) is 5.37. The number of hydrogen-bond donors (Lipinski definition) is 1. The summed E-state index contributed by atoms with van der Waals surface area (Å²) in [5.74, 6) is 0.866. The minimum atomic E-state index is -2.79. The normalized spacial score (nSPS) is 20.8. The number of thiocarbonyl (C=S) groups is 1. The topological polar surface area (TPSA) is 49.4 Å². The minimum absolute atomic E-state index is 0.220. The number of hydrogen-bond acceptors (Lipinski definition) is 3. The second-order valence-corrected chi connectivity index (χ2v) is 8.26. The average Bonchev–Trinajstić information content (AvgIpc) is 2.76. The Bertz CT molecular complexity index is 388. The van der Waals surface area contributed by atoms with Crippen molar-refractivity contribution in [1.82, 2.24) is 10.2 Å². The van der Waals surface area contributed by atoms with Crippen molar-refractivity contribution >= 4 is 27.2 Å². The maximum Gasteiger partial charge on any atom is 0.168 e. The molecule has 0 saturated carbocycles. The van der Waals surface area contributed by atoms with E-state index < -0.39 is 9.84 Å². The lowest BCUT2D eigenvalue weighted by Gasteiger charge is -2.26. The molecule has 1 heterocycles. The van der Waals surface area contributed by atoms with Crippen LogP contribution in [0.1, 0.15) is 46.0 Å². The Balaban J connectivity index is 2.37. The van der Waals surface area contributed by atoms with Gasteiger partial charge in [0.2, 0.25) is 0 Å². The zero-order valence-corrected chi connectivity index (χ0v) is 14.4. The second-order valence-electron chi connectivity index (χ2n) is 5.65. The highest BCUT2D eigenvalue weighted by Gasteiger charge is 2.27. The van der Waals surface area contributed by atoms with Crippen molar-refractivity contribution in [3.63, 3.8) is 0 Å². The summed E-state index contributed by atoms with van der Waals surface area (Å²) in [6, 6.07) is 0. The third kappa shape index (κ3) is 6.39. The van der Waals surface area contributed by atoms with Crippen LogP contribution in [0.15, 0.2) is 0 Å². The van der Waals surface area contributed by atoms with Gasteiger partial charge >= 0.3 is 0 Å². The molecular formula is C14H28N2O2S2. The lowest BCUT2D eigenvalue weighted by molar-refractivity contribution is 0.388. The Morgan fingerprint density at radius 2 is 1.85 bits per heavy atom. The quantitative estimate of drug-likeness (QED) is 0.695. The van der Waals surface area contributed by atoms with E-state index in [-0.39, 0.29) is 5.92 Å². The Morgan fingerprint density at radius 3 is 2.30 bits per heavy atom. The van der Waals surface area contributed by atoms with E-state index in [1.165, 1.54) is 0 Å². The number of nitrogens with one attached hydrogen (secondary N) is 1. The van der Waals surface area contributed by atoms with Crippen LogP contribution in [0.2, 0.25) is 0 Å². The van der Waals surface area contributed by atoms with Crippen LogP contribution in [-0.2, 0) is 9.84 Å². The van der Waals surface area contributed by atoms with Gasteiger partial charge in [0, 0.05) is 19.6 Å². The summed E-state index contributed by atoms with van der Waals surface area (Å²) >= 11 is 5.46. The lowest BCUT2D eigenvalue weighted by Crippen LogP contribution is -2.42. The summed E-state index contributed by atoms with van der Waals surface area (Å²) in [5.41, 5.74) is 0. The molecule has 1 aliphatic rings. The standard InChI is InChI=1S/C14H28N2O2S2/c1-3-5-8-16(9-6-4-2)14(19)15-11-13-7-10-20(17,18)12-13/h13H,3-12H2,1-2H3,(H,15,19). The molecule has 6 heteroatoms. The van der Waals surface area contributed by atoms with Crippen molar-refractivity contribution in [2.75, 3.05) is 31.1 Å². The van der Waals surface area contributed by atoms with E-state index in [1.54, 1.807) is 0 Å². The Morgan fingerprint density at radius 1 is 1.25 bits per heavy atom. The van der Waals surface area contributed by atoms with Crippen LogP contribution in [0.3, 0.4) is 0 Å². The molecule has 118 valence electrons. The van der Waals surface area contributed by atoms with E-state index in [1.807, 2.05) is 0 Å². The third-order valence-corrected chi connectivity index (χ3v) is 5.96. The van der Waals surface area contributed by atoms with Gasteiger partial charge in [0.1, 0.15) is 0 Å². The highest BCUT2D eigenvalue weighted by Crippen LogP contribution is 2.17. The monoisotopic (exact) mass is 320 g/mol. The fourth-order valence-electron chi connectivity index (χ4n) is 2.39. The largest absolute Gasteiger partial charge is 0.362 e. The molecule has 1 N–H and O–H groups in total. The Hall–Kier alpha value is -0.360. The van der Waals surface area contributed by atoms with E-state index in [0.29, 0.717) is 18.1 Å². The van der Waals surface area contributed by atoms with Crippen molar-refractivity contribution in [2.24, 2.45) is 5.92 Å². The van der Waals surface area contributed by atoms with E-state index in [9.17, 15) is 8.42 Å². The molecule has 20 heavy (non-hydrogen) atoms. The summed E-state index contributed by atoms with van der Waals surface area (Å²) in [4.78, 5) is 2.23. The van der Waals surface area contributed by atoms with Crippen LogP contribution in [0.25, 0.3) is 0 Å². The summed E-state index contributed by atoms with van der Waals surface area (Å²) in [7, 11) is -2.79. The van der Waals surface area contributed by atoms with Gasteiger partial charge in [-0.25, -0.2) is 8.42 Å². The first-order valence-corrected chi connectivity index (χ1v) is 9.94. The molecule has 1 saturated heterocycles. The van der Waals surface area contributed by atoms with E-state index in [0.717, 1.165) is 50.3 Å². The van der Waals surface area contributed by atoms with Gasteiger partial charge in [0.25, 0.3) is 0 Å². The van der Waals surface area contributed by atoms with Gasteiger partial charge in [-0.15, -0.1) is 0 Å². The van der Waals surface area contributed by atoms with Gasteiger partial charge < -0.3 is 10.2 Å². The summed E-state index contributed by atoms with van der Waals surface area (Å²) < 4.78 is 22.9. The van der Waals surface area contributed by atoms with E-state index in [2.05, 4.69) is 24.1 Å². The van der Waals surface area contributed by atoms with E-state index >= 15 is 0 Å². The molecule has 0 aromatic rings. The predicted octanol–water partition coefficient (Wildman–Crippen LogP) is 2.20. The Labute approximate surface area is 129 Å². The maximum atomic E-state index is 11.4. The van der Waals surface area contributed by atoms with Crippen LogP contribution in [0, 0.1) is 5.92 Å². The Kier molecular flexibility index (Phi) is 7.80. The van der Waals surface area contributed by atoms with Crippen LogP contribution < -0.4 is 5.32 Å². The second kappa shape index (κ2) is 8.82. The average molecular weight is 321 g/mol. The molecule has 0 aliphatic carbocycles. The van der Waals surface area contributed by atoms with Gasteiger partial charge in [-0.3, -0.25) is 0 Å². The number of rotatable bonds is 8. The molecule has 0 aromatic heterocycles. The number of nitrogens with zero attached hydrogens (tertiary/aromatic N) is 1. The predicted molar refractivity (Wildman–Crippen MR) is 88.8 cm³/mol. The third-order valence-electron chi connectivity index (χ3n) is 3.72. The van der Waals surface area contributed by atoms with Crippen molar-refractivity contribution in [3.05, 3.63) is 0 Å². The van der Waals surface area contributed by atoms with Crippen LogP contribution in [-0.4, -0.2) is 49.6 Å². The molecule has 1 fully saturated rings. The zero-order chi connectivity index (χ0) is 15.0. The van der Waals surface area contributed by atoms with Crippen LogP contribution in [0.4, 0.5) is 0 Å². The molecule has 0 radical (unpaired) electrons. The molecule has 0 spiro atoms. The molecule has 1 rings (SSSR count). The SMILES string of the molecule is CCCCN(CCCC)C(=S)NCC1CCS(=O)(=O)C1. The molecule has 1 aliphatic heterocycles. The van der Waals surface area contributed by atoms with Crippen LogP contribution in [0.5, 0.6) is 0 Å². The van der Waals surface area contributed by atoms with E-state index in [4.69, 9.17) is 12.2 Å². The zero-order valence-electron chi connectivity index (χ0n) is 12.7.